The minimum Gasteiger partial charge on any atom is -0.493 e. The highest BCUT2D eigenvalue weighted by molar-refractivity contribution is 5.84. The maximum absolute atomic E-state index is 10.9. The summed E-state index contributed by atoms with van der Waals surface area (Å²) in [4.78, 5) is 14.9. The molecule has 2 rings (SSSR count). The predicted molar refractivity (Wildman–Crippen MR) is 68.2 cm³/mol. The van der Waals surface area contributed by atoms with Crippen LogP contribution in [-0.2, 0) is 0 Å². The molecule has 0 saturated carbocycles. The molecule has 0 saturated heterocycles. The molecule has 0 aliphatic carbocycles. The maximum Gasteiger partial charge on any atom is 0.168 e. The molecule has 0 radical (unpaired) electrons. The Morgan fingerprint density at radius 1 is 1.11 bits per heavy atom. The van der Waals surface area contributed by atoms with Gasteiger partial charge in [0.1, 0.15) is 6.29 Å². The minimum absolute atomic E-state index is 0.536. The summed E-state index contributed by atoms with van der Waals surface area (Å²) in [6, 6.07) is 7.12. The van der Waals surface area contributed by atoms with E-state index in [0.717, 1.165) is 17.4 Å². The normalized spacial score (nSPS) is 9.89. The summed E-state index contributed by atoms with van der Waals surface area (Å²) in [6.45, 7) is 0. The van der Waals surface area contributed by atoms with Crippen molar-refractivity contribution >= 4 is 6.29 Å². The Bertz CT molecular complexity index is 552. The van der Waals surface area contributed by atoms with Crippen LogP contribution in [0.25, 0.3) is 11.1 Å². The largest absolute Gasteiger partial charge is 0.493 e. The van der Waals surface area contributed by atoms with Crippen molar-refractivity contribution in [2.75, 3.05) is 14.2 Å². The second kappa shape index (κ2) is 5.31. The van der Waals surface area contributed by atoms with Crippen molar-refractivity contribution in [3.63, 3.8) is 0 Å². The van der Waals surface area contributed by atoms with E-state index in [2.05, 4.69) is 4.98 Å². The van der Waals surface area contributed by atoms with E-state index in [0.29, 0.717) is 17.1 Å². The minimum atomic E-state index is 0.536. The van der Waals surface area contributed by atoms with E-state index < -0.39 is 0 Å². The zero-order valence-electron chi connectivity index (χ0n) is 10.2. The van der Waals surface area contributed by atoms with Gasteiger partial charge in [-0.3, -0.25) is 9.78 Å². The van der Waals surface area contributed by atoms with Crippen molar-refractivity contribution in [2.45, 2.75) is 0 Å². The summed E-state index contributed by atoms with van der Waals surface area (Å²) in [6.07, 6.45) is 4.16. The first-order chi connectivity index (χ1) is 8.80. The highest BCUT2D eigenvalue weighted by Crippen LogP contribution is 2.38. The summed E-state index contributed by atoms with van der Waals surface area (Å²) in [7, 11) is 3.12. The van der Waals surface area contributed by atoms with Gasteiger partial charge in [0.2, 0.25) is 0 Å². The van der Waals surface area contributed by atoms with Crippen LogP contribution < -0.4 is 9.47 Å². The van der Waals surface area contributed by atoms with E-state index in [4.69, 9.17) is 9.47 Å². The number of aromatic nitrogens is 1. The summed E-state index contributed by atoms with van der Waals surface area (Å²) in [5, 5.41) is 0. The van der Waals surface area contributed by atoms with Gasteiger partial charge in [-0.05, 0) is 29.8 Å². The molecular weight excluding hydrogens is 230 g/mol. The van der Waals surface area contributed by atoms with Gasteiger partial charge in [-0.2, -0.15) is 0 Å². The number of methoxy groups -OCH3 is 2. The van der Waals surface area contributed by atoms with Crippen LogP contribution in [0.2, 0.25) is 0 Å². The van der Waals surface area contributed by atoms with Crippen LogP contribution >= 0.6 is 0 Å². The first-order valence-electron chi connectivity index (χ1n) is 5.41. The number of carbonyl (C=O) groups is 1. The smallest absolute Gasteiger partial charge is 0.168 e. The van der Waals surface area contributed by atoms with Crippen LogP contribution in [0.15, 0.2) is 36.7 Å². The van der Waals surface area contributed by atoms with Crippen LogP contribution in [0.3, 0.4) is 0 Å². The number of rotatable bonds is 4. The fourth-order valence-corrected chi connectivity index (χ4v) is 1.80. The summed E-state index contributed by atoms with van der Waals surface area (Å²) in [5.74, 6) is 1.14. The molecule has 18 heavy (non-hydrogen) atoms. The van der Waals surface area contributed by atoms with Crippen molar-refractivity contribution in [3.8, 4) is 22.6 Å². The standard InChI is InChI=1S/C14H13NO3/c1-17-13-8-10(9-16)7-12(14(13)18-2)11-3-5-15-6-4-11/h3-9H,1-2H3. The number of hydrogen-bond donors (Lipinski definition) is 0. The lowest BCUT2D eigenvalue weighted by Crippen LogP contribution is -1.95. The molecule has 0 unspecified atom stereocenters. The van der Waals surface area contributed by atoms with Gasteiger partial charge in [-0.15, -0.1) is 0 Å². The molecule has 2 aromatic rings. The average molecular weight is 243 g/mol. The number of hydrogen-bond acceptors (Lipinski definition) is 4. The van der Waals surface area contributed by atoms with Crippen molar-refractivity contribution in [1.29, 1.82) is 0 Å². The molecule has 4 nitrogen and oxygen atoms in total. The summed E-state index contributed by atoms with van der Waals surface area (Å²) >= 11 is 0. The molecule has 0 aliphatic heterocycles. The van der Waals surface area contributed by atoms with Gasteiger partial charge < -0.3 is 9.47 Å². The van der Waals surface area contributed by atoms with Gasteiger partial charge in [0.15, 0.2) is 11.5 Å². The van der Waals surface area contributed by atoms with Gasteiger partial charge in [-0.1, -0.05) is 0 Å². The number of ether oxygens (including phenoxy) is 2. The third-order valence-corrected chi connectivity index (χ3v) is 2.63. The molecule has 0 spiro atoms. The van der Waals surface area contributed by atoms with Crippen LogP contribution in [0.4, 0.5) is 0 Å². The monoisotopic (exact) mass is 243 g/mol. The highest BCUT2D eigenvalue weighted by atomic mass is 16.5. The molecule has 1 heterocycles. The Balaban J connectivity index is 2.67. The van der Waals surface area contributed by atoms with Crippen LogP contribution in [0.1, 0.15) is 10.4 Å². The summed E-state index contributed by atoms with van der Waals surface area (Å²) in [5.41, 5.74) is 2.27. The predicted octanol–water partition coefficient (Wildman–Crippen LogP) is 2.58. The van der Waals surface area contributed by atoms with Crippen molar-refractivity contribution in [1.82, 2.24) is 4.98 Å². The first kappa shape index (κ1) is 12.1. The third-order valence-electron chi connectivity index (χ3n) is 2.63. The third kappa shape index (κ3) is 2.18. The van der Waals surface area contributed by atoms with Gasteiger partial charge in [0.05, 0.1) is 14.2 Å². The van der Waals surface area contributed by atoms with Gasteiger partial charge >= 0.3 is 0 Å². The molecule has 0 bridgehead atoms. The fourth-order valence-electron chi connectivity index (χ4n) is 1.80. The Morgan fingerprint density at radius 2 is 1.83 bits per heavy atom. The molecule has 4 heteroatoms. The molecule has 92 valence electrons. The lowest BCUT2D eigenvalue weighted by molar-refractivity contribution is 0.112. The van der Waals surface area contributed by atoms with Crippen LogP contribution in [0.5, 0.6) is 11.5 Å². The molecule has 0 N–H and O–H groups in total. The Hall–Kier alpha value is -2.36. The second-order valence-corrected chi connectivity index (χ2v) is 3.66. The Labute approximate surface area is 105 Å². The maximum atomic E-state index is 10.9. The van der Waals surface area contributed by atoms with Crippen molar-refractivity contribution in [2.24, 2.45) is 0 Å². The first-order valence-corrected chi connectivity index (χ1v) is 5.41. The number of pyridine rings is 1. The molecular formula is C14H13NO3. The molecule has 0 atom stereocenters. The number of carbonyl (C=O) groups excluding carboxylic acids is 1. The molecule has 0 fully saturated rings. The zero-order chi connectivity index (χ0) is 13.0. The lowest BCUT2D eigenvalue weighted by atomic mass is 10.0. The van der Waals surface area contributed by atoms with Crippen molar-refractivity contribution < 1.29 is 14.3 Å². The average Bonchev–Trinajstić information content (AvgIpc) is 2.46. The van der Waals surface area contributed by atoms with E-state index >= 15 is 0 Å². The molecule has 1 aromatic heterocycles. The topological polar surface area (TPSA) is 48.4 Å². The van der Waals surface area contributed by atoms with Crippen LogP contribution in [0, 0.1) is 0 Å². The van der Waals surface area contributed by atoms with Gasteiger partial charge in [0.25, 0.3) is 0 Å². The SMILES string of the molecule is COc1cc(C=O)cc(-c2ccncc2)c1OC. The number of benzene rings is 1. The Kier molecular flexibility index (Phi) is 3.57. The van der Waals surface area contributed by atoms with Crippen LogP contribution in [-0.4, -0.2) is 25.5 Å². The van der Waals surface area contributed by atoms with Gasteiger partial charge in [0, 0.05) is 23.5 Å². The number of nitrogens with zero attached hydrogens (tertiary/aromatic N) is 1. The highest BCUT2D eigenvalue weighted by Gasteiger charge is 2.13. The molecule has 0 amide bonds. The molecule has 1 aromatic carbocycles. The lowest BCUT2D eigenvalue weighted by Gasteiger charge is -2.13. The van der Waals surface area contributed by atoms with E-state index in [1.807, 2.05) is 12.1 Å². The van der Waals surface area contributed by atoms with E-state index in [-0.39, 0.29) is 0 Å². The zero-order valence-corrected chi connectivity index (χ0v) is 10.2. The summed E-state index contributed by atoms with van der Waals surface area (Å²) < 4.78 is 10.6. The van der Waals surface area contributed by atoms with Gasteiger partial charge in [-0.25, -0.2) is 0 Å². The van der Waals surface area contributed by atoms with E-state index in [1.165, 1.54) is 0 Å². The second-order valence-electron chi connectivity index (χ2n) is 3.66. The van der Waals surface area contributed by atoms with Crippen molar-refractivity contribution in [3.05, 3.63) is 42.2 Å². The number of aldehydes is 1. The fraction of sp³-hybridized carbons (Fsp3) is 0.143. The van der Waals surface area contributed by atoms with E-state index in [1.54, 1.807) is 38.7 Å². The quantitative estimate of drug-likeness (QED) is 0.774. The Morgan fingerprint density at radius 3 is 2.39 bits per heavy atom. The van der Waals surface area contributed by atoms with E-state index in [9.17, 15) is 4.79 Å². The molecule has 0 aliphatic rings.